The van der Waals surface area contributed by atoms with Crippen LogP contribution < -0.4 is 0 Å². The molecule has 4 nitrogen and oxygen atoms in total. The summed E-state index contributed by atoms with van der Waals surface area (Å²) in [6, 6.07) is 0. The summed E-state index contributed by atoms with van der Waals surface area (Å²) in [6.45, 7) is 10.0. The Balaban J connectivity index is 5.17. The second-order valence-electron chi connectivity index (χ2n) is 5.75. The smallest absolute Gasteiger partial charge is 0.324 e. The molecule has 0 aliphatic rings. The van der Waals surface area contributed by atoms with Crippen molar-refractivity contribution in [2.24, 2.45) is 17.3 Å². The molecule has 0 fully saturated rings. The molecular formula is C17H26O4. The number of hydrogen-bond donors (Lipinski definition) is 0. The molecule has 0 saturated heterocycles. The normalized spacial score (nSPS) is 13.0. The zero-order chi connectivity index (χ0) is 16.5. The van der Waals surface area contributed by atoms with E-state index in [4.69, 9.17) is 15.9 Å². The molecule has 0 aliphatic carbocycles. The van der Waals surface area contributed by atoms with Gasteiger partial charge in [0, 0.05) is 6.42 Å². The molecule has 0 radical (unpaired) electrons. The van der Waals surface area contributed by atoms with E-state index in [1.165, 1.54) is 0 Å². The lowest BCUT2D eigenvalue weighted by Gasteiger charge is -2.26. The van der Waals surface area contributed by atoms with E-state index in [1.54, 1.807) is 19.9 Å². The van der Waals surface area contributed by atoms with E-state index >= 15 is 0 Å². The molecule has 0 bridgehead atoms. The third-order valence-electron chi connectivity index (χ3n) is 3.07. The first-order chi connectivity index (χ1) is 9.77. The Labute approximate surface area is 127 Å². The van der Waals surface area contributed by atoms with Gasteiger partial charge in [-0.1, -0.05) is 32.9 Å². The van der Waals surface area contributed by atoms with Crippen molar-refractivity contribution >= 4 is 11.9 Å². The minimum Gasteiger partial charge on any atom is -0.465 e. The summed E-state index contributed by atoms with van der Waals surface area (Å²) in [5.41, 5.74) is -0.0588. The Kier molecular flexibility index (Phi) is 8.45. The minimum absolute atomic E-state index is 0.0588. The zero-order valence-corrected chi connectivity index (χ0v) is 13.6. The standard InChI is InChI=1S/C17H26O4/c1-7-10-13(17(4,5)6)11-12-14(15(18)20-8-2)16(19)21-9-3/h1,11-14H,8-10H2,2-6H3/b12-11+/t13-/m1/s1. The molecule has 0 rings (SSSR count). The van der Waals surface area contributed by atoms with Crippen molar-refractivity contribution in [3.05, 3.63) is 12.2 Å². The molecule has 21 heavy (non-hydrogen) atoms. The summed E-state index contributed by atoms with van der Waals surface area (Å²) in [5, 5.41) is 0. The maximum Gasteiger partial charge on any atom is 0.324 e. The molecule has 0 amide bonds. The van der Waals surface area contributed by atoms with Crippen molar-refractivity contribution in [1.82, 2.24) is 0 Å². The van der Waals surface area contributed by atoms with Crippen molar-refractivity contribution in [2.45, 2.75) is 41.0 Å². The molecule has 1 atom stereocenters. The van der Waals surface area contributed by atoms with Crippen molar-refractivity contribution < 1.29 is 19.1 Å². The van der Waals surface area contributed by atoms with Gasteiger partial charge in [0.15, 0.2) is 5.92 Å². The summed E-state index contributed by atoms with van der Waals surface area (Å²) < 4.78 is 9.84. The first kappa shape index (κ1) is 19.2. The molecule has 0 aliphatic heterocycles. The maximum absolute atomic E-state index is 11.9. The van der Waals surface area contributed by atoms with Gasteiger partial charge in [0.1, 0.15) is 0 Å². The number of carbonyl (C=O) groups is 2. The number of allylic oxidation sites excluding steroid dienone is 1. The van der Waals surface area contributed by atoms with Crippen molar-refractivity contribution in [2.75, 3.05) is 13.2 Å². The first-order valence-electron chi connectivity index (χ1n) is 7.22. The highest BCUT2D eigenvalue weighted by molar-refractivity contribution is 5.96. The van der Waals surface area contributed by atoms with Crippen molar-refractivity contribution in [3.63, 3.8) is 0 Å². The fourth-order valence-electron chi connectivity index (χ4n) is 1.75. The van der Waals surface area contributed by atoms with Crippen molar-refractivity contribution in [3.8, 4) is 12.3 Å². The molecule has 0 heterocycles. The monoisotopic (exact) mass is 294 g/mol. The molecule has 0 N–H and O–H groups in total. The summed E-state index contributed by atoms with van der Waals surface area (Å²) in [4.78, 5) is 23.7. The van der Waals surface area contributed by atoms with E-state index in [0.29, 0.717) is 6.42 Å². The summed E-state index contributed by atoms with van der Waals surface area (Å²) in [5.74, 6) is 0.459. The lowest BCUT2D eigenvalue weighted by Crippen LogP contribution is -2.27. The van der Waals surface area contributed by atoms with Crippen LogP contribution in [0.15, 0.2) is 12.2 Å². The molecule has 4 heteroatoms. The topological polar surface area (TPSA) is 52.6 Å². The van der Waals surface area contributed by atoms with Crippen LogP contribution in [0, 0.1) is 29.6 Å². The quantitative estimate of drug-likeness (QED) is 0.313. The molecule has 0 aromatic carbocycles. The van der Waals surface area contributed by atoms with Crippen LogP contribution in [-0.4, -0.2) is 25.2 Å². The largest absolute Gasteiger partial charge is 0.465 e. The Hall–Kier alpha value is -1.76. The van der Waals surface area contributed by atoms with E-state index in [9.17, 15) is 9.59 Å². The predicted octanol–water partition coefficient (Wildman–Crippen LogP) is 2.97. The van der Waals surface area contributed by atoms with Crippen LogP contribution in [0.4, 0.5) is 0 Å². The highest BCUT2D eigenvalue weighted by atomic mass is 16.6. The SMILES string of the molecule is C#CC[C@H](/C=C/C(C(=O)OCC)C(=O)OCC)C(C)(C)C. The third kappa shape index (κ3) is 6.99. The molecule has 0 aromatic heterocycles. The number of carbonyl (C=O) groups excluding carboxylic acids is 2. The lowest BCUT2D eigenvalue weighted by atomic mass is 9.78. The second kappa shape index (κ2) is 9.23. The zero-order valence-electron chi connectivity index (χ0n) is 13.6. The van der Waals surface area contributed by atoms with Crippen LogP contribution in [0.1, 0.15) is 41.0 Å². The fourth-order valence-corrected chi connectivity index (χ4v) is 1.75. The van der Waals surface area contributed by atoms with Crippen molar-refractivity contribution in [1.29, 1.82) is 0 Å². The Bertz CT molecular complexity index is 391. The lowest BCUT2D eigenvalue weighted by molar-refractivity contribution is -0.158. The second-order valence-corrected chi connectivity index (χ2v) is 5.75. The maximum atomic E-state index is 11.9. The van der Waals surface area contributed by atoms with Gasteiger partial charge >= 0.3 is 11.9 Å². The van der Waals surface area contributed by atoms with E-state index in [2.05, 4.69) is 26.7 Å². The van der Waals surface area contributed by atoms with Gasteiger partial charge in [0.25, 0.3) is 0 Å². The average Bonchev–Trinajstić information content (AvgIpc) is 2.37. The summed E-state index contributed by atoms with van der Waals surface area (Å²) in [6.07, 6.45) is 9.28. The van der Waals surface area contributed by atoms with E-state index < -0.39 is 17.9 Å². The fraction of sp³-hybridized carbons (Fsp3) is 0.647. The van der Waals surface area contributed by atoms with Gasteiger partial charge in [-0.15, -0.1) is 12.3 Å². The van der Waals surface area contributed by atoms with Crippen LogP contribution in [-0.2, 0) is 19.1 Å². The van der Waals surface area contributed by atoms with E-state index in [-0.39, 0.29) is 24.5 Å². The number of hydrogen-bond acceptors (Lipinski definition) is 4. The number of esters is 2. The minimum atomic E-state index is -1.03. The Morgan fingerprint density at radius 1 is 1.10 bits per heavy atom. The molecule has 0 spiro atoms. The number of ether oxygens (including phenoxy) is 2. The summed E-state index contributed by atoms with van der Waals surface area (Å²) >= 11 is 0. The molecular weight excluding hydrogens is 268 g/mol. The van der Waals surface area contributed by atoms with E-state index in [1.807, 2.05) is 6.08 Å². The highest BCUT2D eigenvalue weighted by Crippen LogP contribution is 2.30. The molecule has 0 unspecified atom stereocenters. The molecule has 0 saturated carbocycles. The average molecular weight is 294 g/mol. The van der Waals surface area contributed by atoms with Gasteiger partial charge in [-0.2, -0.15) is 0 Å². The van der Waals surface area contributed by atoms with Crippen LogP contribution >= 0.6 is 0 Å². The Morgan fingerprint density at radius 3 is 1.90 bits per heavy atom. The van der Waals surface area contributed by atoms with Gasteiger partial charge in [-0.25, -0.2) is 0 Å². The van der Waals surface area contributed by atoms with Gasteiger partial charge < -0.3 is 9.47 Å². The Morgan fingerprint density at radius 2 is 1.57 bits per heavy atom. The number of rotatable bonds is 7. The van der Waals surface area contributed by atoms with Crippen LogP contribution in [0.25, 0.3) is 0 Å². The molecule has 0 aromatic rings. The predicted molar refractivity (Wildman–Crippen MR) is 82.3 cm³/mol. The highest BCUT2D eigenvalue weighted by Gasteiger charge is 2.28. The van der Waals surface area contributed by atoms with Gasteiger partial charge in [-0.05, 0) is 25.2 Å². The van der Waals surface area contributed by atoms with Gasteiger partial charge in [0.05, 0.1) is 13.2 Å². The van der Waals surface area contributed by atoms with Gasteiger partial charge in [-0.3, -0.25) is 9.59 Å². The van der Waals surface area contributed by atoms with E-state index in [0.717, 1.165) is 0 Å². The summed E-state index contributed by atoms with van der Waals surface area (Å²) in [7, 11) is 0. The van der Waals surface area contributed by atoms with Crippen LogP contribution in [0.2, 0.25) is 0 Å². The van der Waals surface area contributed by atoms with Crippen LogP contribution in [0.5, 0.6) is 0 Å². The third-order valence-corrected chi connectivity index (χ3v) is 3.07. The molecule has 118 valence electrons. The van der Waals surface area contributed by atoms with Gasteiger partial charge in [0.2, 0.25) is 0 Å². The van der Waals surface area contributed by atoms with Crippen LogP contribution in [0.3, 0.4) is 0 Å². The number of terminal acetylenes is 1. The first-order valence-corrected chi connectivity index (χ1v) is 7.22.